The van der Waals surface area contributed by atoms with Gasteiger partial charge in [-0.25, -0.2) is 0 Å². The summed E-state index contributed by atoms with van der Waals surface area (Å²) in [4.78, 5) is 0. The molecule has 6 aliphatic heterocycles. The number of ether oxygens (including phenoxy) is 6. The molecule has 7 aromatic carbocycles. The number of para-hydroxylation sites is 5. The number of pyridine rings is 6. The highest BCUT2D eigenvalue weighted by Crippen LogP contribution is 2.40. The van der Waals surface area contributed by atoms with Gasteiger partial charge in [-0.2, -0.15) is 22.8 Å². The van der Waals surface area contributed by atoms with Crippen molar-refractivity contribution < 1.29 is 55.8 Å². The van der Waals surface area contributed by atoms with Gasteiger partial charge in [0.25, 0.3) is 45.5 Å². The number of nitrogens with zero attached hydrogens (tertiary/aromatic N) is 6. The van der Waals surface area contributed by atoms with Crippen molar-refractivity contribution in [1.82, 2.24) is 0 Å². The Morgan fingerprint density at radius 3 is 1.26 bits per heavy atom. The highest BCUT2D eigenvalue weighted by molar-refractivity contribution is 6.89. The molecule has 12 nitrogen and oxygen atoms in total. The first-order valence-electron chi connectivity index (χ1n) is 36.1. The molecule has 0 radical (unpaired) electrons. The lowest BCUT2D eigenvalue weighted by Crippen LogP contribution is -2.63. The lowest BCUT2D eigenvalue weighted by Gasteiger charge is -2.26. The SMILES string of the molecule is C[Si](C)(C)c1cccc2[n+]1COc1ccccc1-2.C[Si](C)(C)c1cccc2c1OC[n+]1c-2cccc1[Si](C)(C)C.Cc1cccc2[n+]1COc1c-2ccc2ccccc12.Cc1cccc2c1OC[n+]1c(C)cccc1-2.Cc1cccc2c1OC[n+]1ccccc1-2.Clc1cccc2[n+]1COc1ccccc1-2. The third-order valence-corrected chi connectivity index (χ3v) is 26.2. The zero-order valence-electron chi connectivity index (χ0n) is 62.5. The van der Waals surface area contributed by atoms with Crippen LogP contribution in [0, 0.1) is 27.7 Å². The minimum absolute atomic E-state index is 0.478. The fourth-order valence-electron chi connectivity index (χ4n) is 14.5. The molecule has 105 heavy (non-hydrogen) atoms. The third kappa shape index (κ3) is 14.7. The van der Waals surface area contributed by atoms with Crippen LogP contribution in [-0.2, 0) is 40.4 Å². The summed E-state index contributed by atoms with van der Waals surface area (Å²) in [5.74, 6) is 6.07. The maximum atomic E-state index is 6.26. The molecule has 0 atom stereocenters. The maximum absolute atomic E-state index is 6.26. The van der Waals surface area contributed by atoms with Gasteiger partial charge in [0.1, 0.15) is 34.5 Å². The van der Waals surface area contributed by atoms with E-state index in [9.17, 15) is 0 Å². The predicted octanol–water partition coefficient (Wildman–Crippen LogP) is 16.6. The fraction of sp³-hybridized carbons (Fsp3) is 0.213. The number of hydrogen-bond acceptors (Lipinski definition) is 6. The number of hydrogen-bond donors (Lipinski definition) is 0. The topological polar surface area (TPSA) is 78.7 Å². The third-order valence-electron chi connectivity index (χ3n) is 19.9. The average Bonchev–Trinajstić information content (AvgIpc) is 0.752. The van der Waals surface area contributed by atoms with E-state index in [0.717, 1.165) is 45.8 Å². The Kier molecular flexibility index (Phi) is 20.3. The Bertz CT molecular complexity index is 5240. The Labute approximate surface area is 625 Å². The van der Waals surface area contributed by atoms with Crippen LogP contribution >= 0.6 is 11.6 Å². The number of halogens is 1. The van der Waals surface area contributed by atoms with E-state index in [1.807, 2.05) is 71.4 Å². The first kappa shape index (κ1) is 71.4. The van der Waals surface area contributed by atoms with Crippen LogP contribution < -0.4 is 71.6 Å². The van der Waals surface area contributed by atoms with Crippen LogP contribution in [0.5, 0.6) is 34.5 Å². The largest absolute Gasteiger partial charge is 0.435 e. The predicted molar refractivity (Wildman–Crippen MR) is 427 cm³/mol. The summed E-state index contributed by atoms with van der Waals surface area (Å²) in [6.45, 7) is 33.4. The van der Waals surface area contributed by atoms with Gasteiger partial charge in [0.05, 0.1) is 41.5 Å². The molecule has 528 valence electrons. The standard InChI is InChI=1S/C18H26NOSi2.C17H14NO.C15H18NOSi.C14H14NO.C13H12NO.C12H9ClNO/c1-21(2,3)16-11-7-9-14-15-10-8-12-17(22(4,5)6)19(15)13-20-18(14)16;1-12-5-4-8-16-15-10-9-13-6-2-3-7-14(13)17(15)19-11-18(12)16;1-18(2,3)15-10-6-8-13-12-7-4-5-9-14(12)17-11-16(13)15;1-10-5-3-7-12-13-8-4-6-11(2)15(13)9-16-14(10)12;1-10-5-4-6-11-12-7-2-3-8-14(12)9-15-13(10)11;13-12-7-3-5-10-9-4-1-2-6-11(9)15-8-14(10)12/h7-12H,13H2,1-6H3;2-10H,11H2,1H3;4-10H,11H2,1-3H3;3-8H,9H2,1-2H3;2-8H,9H2,1H3;1-7H,8H2/q6*+1. The molecular formula is C89H93ClN6O6Si3+6. The van der Waals surface area contributed by atoms with Crippen LogP contribution in [0.1, 0.15) is 22.5 Å². The minimum Gasteiger partial charge on any atom is -0.435 e. The molecule has 12 heterocycles. The van der Waals surface area contributed by atoms with Gasteiger partial charge in [-0.05, 0) is 144 Å². The zero-order valence-corrected chi connectivity index (χ0v) is 66.3. The highest BCUT2D eigenvalue weighted by Gasteiger charge is 2.38. The molecular weight excluding hydrogens is 1370 g/mol. The van der Waals surface area contributed by atoms with E-state index in [4.69, 9.17) is 40.0 Å². The molecule has 13 aromatic rings. The first-order valence-corrected chi connectivity index (χ1v) is 47.0. The van der Waals surface area contributed by atoms with E-state index in [1.165, 1.54) is 105 Å². The summed E-state index contributed by atoms with van der Waals surface area (Å²) in [5.41, 5.74) is 19.3. The zero-order chi connectivity index (χ0) is 73.3. The maximum Gasteiger partial charge on any atom is 0.294 e. The van der Waals surface area contributed by atoms with E-state index in [1.54, 1.807) is 0 Å². The summed E-state index contributed by atoms with van der Waals surface area (Å²) in [6, 6.07) is 86.2. The van der Waals surface area contributed by atoms with Crippen molar-refractivity contribution in [3.63, 3.8) is 0 Å². The number of aryl methyl sites for hydroxylation is 4. The van der Waals surface area contributed by atoms with Crippen LogP contribution in [-0.4, -0.2) is 24.2 Å². The van der Waals surface area contributed by atoms with Crippen molar-refractivity contribution in [2.24, 2.45) is 0 Å². The van der Waals surface area contributed by atoms with E-state index < -0.39 is 24.2 Å². The minimum atomic E-state index is -1.41. The fourth-order valence-corrected chi connectivity index (χ4v) is 19.4. The van der Waals surface area contributed by atoms with Gasteiger partial charge >= 0.3 is 0 Å². The van der Waals surface area contributed by atoms with E-state index in [-0.39, 0.29) is 0 Å². The lowest BCUT2D eigenvalue weighted by molar-refractivity contribution is -0.723. The smallest absolute Gasteiger partial charge is 0.294 e. The van der Waals surface area contributed by atoms with Crippen LogP contribution in [0.3, 0.4) is 0 Å². The Hall–Kier alpha value is -10.6. The lowest BCUT2D eigenvalue weighted by atomic mass is 10.0. The molecule has 0 amide bonds. The second kappa shape index (κ2) is 29.9. The second-order valence-electron chi connectivity index (χ2n) is 30.3. The van der Waals surface area contributed by atoms with Crippen molar-refractivity contribution >= 4 is 62.4 Å². The molecule has 0 N–H and O–H groups in total. The van der Waals surface area contributed by atoms with Crippen molar-refractivity contribution in [2.45, 2.75) is 127 Å². The molecule has 0 saturated heterocycles. The summed E-state index contributed by atoms with van der Waals surface area (Å²) < 4.78 is 48.5. The van der Waals surface area contributed by atoms with Crippen molar-refractivity contribution in [2.75, 3.05) is 0 Å². The molecule has 6 aromatic heterocycles. The average molecular weight is 1460 g/mol. The Balaban J connectivity index is 0.000000107. The molecule has 0 bridgehead atoms. The van der Waals surface area contributed by atoms with Crippen molar-refractivity contribution in [3.05, 3.63) is 283 Å². The quantitative estimate of drug-likeness (QED) is 0.0996. The van der Waals surface area contributed by atoms with Crippen molar-refractivity contribution in [1.29, 1.82) is 0 Å². The monoisotopic (exact) mass is 1460 g/mol. The molecule has 6 aliphatic rings. The van der Waals surface area contributed by atoms with Gasteiger partial charge in [0.15, 0.2) is 44.4 Å². The van der Waals surface area contributed by atoms with Crippen molar-refractivity contribution in [3.8, 4) is 102 Å². The van der Waals surface area contributed by atoms with E-state index >= 15 is 0 Å². The molecule has 0 unspecified atom stereocenters. The molecule has 0 saturated carbocycles. The van der Waals surface area contributed by atoms with E-state index in [2.05, 4.69) is 298 Å². The number of fused-ring (bicyclic) bond motifs is 20. The Morgan fingerprint density at radius 2 is 0.676 bits per heavy atom. The highest BCUT2D eigenvalue weighted by atomic mass is 35.5. The first-order chi connectivity index (χ1) is 50.6. The molecule has 16 heteroatoms. The van der Waals surface area contributed by atoms with Crippen LogP contribution in [0.2, 0.25) is 64.1 Å². The van der Waals surface area contributed by atoms with Crippen LogP contribution in [0.4, 0.5) is 0 Å². The number of aromatic nitrogens is 6. The van der Waals surface area contributed by atoms with Gasteiger partial charge in [-0.15, -0.1) is 4.57 Å². The van der Waals surface area contributed by atoms with Crippen LogP contribution in [0.25, 0.3) is 78.3 Å². The summed E-state index contributed by atoms with van der Waals surface area (Å²) >= 11 is 6.09. The molecule has 0 fully saturated rings. The van der Waals surface area contributed by atoms with Gasteiger partial charge in [-0.3, -0.25) is 0 Å². The van der Waals surface area contributed by atoms with Gasteiger partial charge < -0.3 is 28.4 Å². The van der Waals surface area contributed by atoms with Crippen LogP contribution in [0.15, 0.2) is 255 Å². The number of rotatable bonds is 3. The number of benzene rings is 7. The summed E-state index contributed by atoms with van der Waals surface area (Å²) in [7, 11) is -4.15. The summed E-state index contributed by atoms with van der Waals surface area (Å²) in [5, 5.41) is 7.43. The summed E-state index contributed by atoms with van der Waals surface area (Å²) in [6.07, 6.45) is 2.04. The van der Waals surface area contributed by atoms with Gasteiger partial charge in [-0.1, -0.05) is 150 Å². The molecule has 19 rings (SSSR count). The second-order valence-corrected chi connectivity index (χ2v) is 45.7. The normalized spacial score (nSPS) is 13.1. The molecule has 0 spiro atoms. The Morgan fingerprint density at radius 1 is 0.286 bits per heavy atom. The van der Waals surface area contributed by atoms with Gasteiger partial charge in [0, 0.05) is 79.9 Å². The van der Waals surface area contributed by atoms with E-state index in [0.29, 0.717) is 45.5 Å². The van der Waals surface area contributed by atoms with Gasteiger partial charge in [0.2, 0.25) is 34.2 Å². The molecule has 0 aliphatic carbocycles.